The second-order valence-corrected chi connectivity index (χ2v) is 4.05. The summed E-state index contributed by atoms with van der Waals surface area (Å²) in [6, 6.07) is 10.7. The zero-order valence-corrected chi connectivity index (χ0v) is 10.2. The van der Waals surface area contributed by atoms with E-state index in [9.17, 15) is 0 Å². The molecule has 0 radical (unpaired) electrons. The van der Waals surface area contributed by atoms with Gasteiger partial charge in [0, 0.05) is 17.6 Å². The summed E-state index contributed by atoms with van der Waals surface area (Å²) in [5.41, 5.74) is 2.36. The zero-order chi connectivity index (χ0) is 12.1. The Morgan fingerprint density at radius 2 is 2.24 bits per heavy atom. The van der Waals surface area contributed by atoms with Crippen molar-refractivity contribution in [2.75, 3.05) is 6.54 Å². The first-order valence-electron chi connectivity index (χ1n) is 6.04. The van der Waals surface area contributed by atoms with E-state index in [0.717, 1.165) is 18.5 Å². The highest BCUT2D eigenvalue weighted by Gasteiger charge is 2.11. The Labute approximate surface area is 102 Å². The third kappa shape index (κ3) is 2.53. The lowest BCUT2D eigenvalue weighted by atomic mass is 9.99. The lowest BCUT2D eigenvalue weighted by Crippen LogP contribution is -2.20. The molecule has 0 aliphatic carbocycles. The molecule has 1 atom stereocenters. The molecule has 2 nitrogen and oxygen atoms in total. The summed E-state index contributed by atoms with van der Waals surface area (Å²) in [7, 11) is 0. The van der Waals surface area contributed by atoms with Crippen LogP contribution in [0.1, 0.15) is 24.9 Å². The summed E-state index contributed by atoms with van der Waals surface area (Å²) in [6.07, 6.45) is 4.73. The van der Waals surface area contributed by atoms with E-state index in [1.807, 2.05) is 18.3 Å². The van der Waals surface area contributed by atoms with E-state index in [4.69, 9.17) is 0 Å². The highest BCUT2D eigenvalue weighted by molar-refractivity contribution is 5.82. The maximum Gasteiger partial charge on any atom is 0.0705 e. The van der Waals surface area contributed by atoms with Crippen LogP contribution in [0, 0.1) is 0 Å². The largest absolute Gasteiger partial charge is 0.310 e. The van der Waals surface area contributed by atoms with Crippen LogP contribution in [0.2, 0.25) is 0 Å². The van der Waals surface area contributed by atoms with Gasteiger partial charge in [-0.2, -0.15) is 0 Å². The van der Waals surface area contributed by atoms with Gasteiger partial charge in [-0.05, 0) is 30.7 Å². The summed E-state index contributed by atoms with van der Waals surface area (Å²) in [5, 5.41) is 4.72. The fraction of sp³-hybridized carbons (Fsp3) is 0.267. The highest BCUT2D eigenvalue weighted by atomic mass is 14.9. The molecule has 0 fully saturated rings. The molecule has 1 aromatic carbocycles. The molecule has 0 aliphatic rings. The molecule has 0 aliphatic heterocycles. The van der Waals surface area contributed by atoms with Crippen LogP contribution in [0.25, 0.3) is 10.9 Å². The van der Waals surface area contributed by atoms with Crippen LogP contribution in [-0.2, 0) is 0 Å². The molecule has 2 aromatic rings. The van der Waals surface area contributed by atoms with Crippen molar-refractivity contribution in [1.82, 2.24) is 10.3 Å². The van der Waals surface area contributed by atoms with Crippen molar-refractivity contribution in [2.45, 2.75) is 19.4 Å². The first kappa shape index (κ1) is 11.8. The van der Waals surface area contributed by atoms with Crippen molar-refractivity contribution < 1.29 is 0 Å². The molecule has 1 N–H and O–H groups in total. The molecule has 88 valence electrons. The average Bonchev–Trinajstić information content (AvgIpc) is 2.38. The molecule has 0 bridgehead atoms. The maximum absolute atomic E-state index is 4.39. The number of nitrogens with one attached hydrogen (secondary N) is 1. The Balaban J connectivity index is 2.48. The number of rotatable bonds is 5. The number of fused-ring (bicyclic) bond motifs is 1. The van der Waals surface area contributed by atoms with Crippen LogP contribution in [0.15, 0.2) is 49.2 Å². The Kier molecular flexibility index (Phi) is 3.89. The van der Waals surface area contributed by atoms with Crippen molar-refractivity contribution in [3.63, 3.8) is 0 Å². The van der Waals surface area contributed by atoms with Crippen LogP contribution >= 0.6 is 0 Å². The fourth-order valence-electron chi connectivity index (χ4n) is 2.16. The topological polar surface area (TPSA) is 24.9 Å². The maximum atomic E-state index is 4.39. The quantitative estimate of drug-likeness (QED) is 0.790. The van der Waals surface area contributed by atoms with Gasteiger partial charge >= 0.3 is 0 Å². The van der Waals surface area contributed by atoms with Gasteiger partial charge in [0.05, 0.1) is 5.52 Å². The van der Waals surface area contributed by atoms with E-state index in [1.165, 1.54) is 10.9 Å². The van der Waals surface area contributed by atoms with Gasteiger partial charge in [0.1, 0.15) is 0 Å². The normalized spacial score (nSPS) is 12.5. The molecule has 0 amide bonds. The predicted octanol–water partition coefficient (Wildman–Crippen LogP) is 3.46. The van der Waals surface area contributed by atoms with Gasteiger partial charge in [0.15, 0.2) is 0 Å². The SMILES string of the molecule is C=CCC(NCC)c1cccc2ncccc12. The molecule has 1 heterocycles. The predicted molar refractivity (Wildman–Crippen MR) is 73.0 cm³/mol. The minimum atomic E-state index is 0.324. The molecule has 2 heteroatoms. The van der Waals surface area contributed by atoms with Crippen LogP contribution in [-0.4, -0.2) is 11.5 Å². The molecule has 0 spiro atoms. The molecule has 2 rings (SSSR count). The summed E-state index contributed by atoms with van der Waals surface area (Å²) >= 11 is 0. The van der Waals surface area contributed by atoms with E-state index < -0.39 is 0 Å². The van der Waals surface area contributed by atoms with E-state index in [1.54, 1.807) is 0 Å². The summed E-state index contributed by atoms with van der Waals surface area (Å²) in [5.74, 6) is 0. The summed E-state index contributed by atoms with van der Waals surface area (Å²) in [4.78, 5) is 4.39. The molecular formula is C15H18N2. The van der Waals surface area contributed by atoms with E-state index in [-0.39, 0.29) is 0 Å². The minimum absolute atomic E-state index is 0.324. The fourth-order valence-corrected chi connectivity index (χ4v) is 2.16. The molecular weight excluding hydrogens is 208 g/mol. The third-order valence-corrected chi connectivity index (χ3v) is 2.91. The first-order valence-corrected chi connectivity index (χ1v) is 6.04. The zero-order valence-electron chi connectivity index (χ0n) is 10.2. The van der Waals surface area contributed by atoms with Crippen molar-refractivity contribution in [2.24, 2.45) is 0 Å². The minimum Gasteiger partial charge on any atom is -0.310 e. The Bertz CT molecular complexity index is 500. The van der Waals surface area contributed by atoms with Gasteiger partial charge in [0.25, 0.3) is 0 Å². The van der Waals surface area contributed by atoms with Crippen molar-refractivity contribution in [3.8, 4) is 0 Å². The van der Waals surface area contributed by atoms with Crippen LogP contribution < -0.4 is 5.32 Å². The molecule has 0 saturated heterocycles. The van der Waals surface area contributed by atoms with Crippen LogP contribution in [0.5, 0.6) is 0 Å². The second-order valence-electron chi connectivity index (χ2n) is 4.05. The number of hydrogen-bond donors (Lipinski definition) is 1. The highest BCUT2D eigenvalue weighted by Crippen LogP contribution is 2.25. The number of nitrogens with zero attached hydrogens (tertiary/aromatic N) is 1. The summed E-state index contributed by atoms with van der Waals surface area (Å²) < 4.78 is 0. The van der Waals surface area contributed by atoms with Crippen LogP contribution in [0.4, 0.5) is 0 Å². The lowest BCUT2D eigenvalue weighted by Gasteiger charge is -2.18. The molecule has 1 aromatic heterocycles. The Morgan fingerprint density at radius 3 is 3.00 bits per heavy atom. The van der Waals surface area contributed by atoms with E-state index in [0.29, 0.717) is 6.04 Å². The second kappa shape index (κ2) is 5.60. The lowest BCUT2D eigenvalue weighted by molar-refractivity contribution is 0.562. The molecule has 1 unspecified atom stereocenters. The third-order valence-electron chi connectivity index (χ3n) is 2.91. The number of pyridine rings is 1. The van der Waals surface area contributed by atoms with Crippen molar-refractivity contribution in [1.29, 1.82) is 0 Å². The molecule has 0 saturated carbocycles. The van der Waals surface area contributed by atoms with Crippen molar-refractivity contribution in [3.05, 3.63) is 54.7 Å². The van der Waals surface area contributed by atoms with Gasteiger partial charge < -0.3 is 5.32 Å². The number of hydrogen-bond acceptors (Lipinski definition) is 2. The van der Waals surface area contributed by atoms with Gasteiger partial charge in [-0.3, -0.25) is 4.98 Å². The van der Waals surface area contributed by atoms with Crippen molar-refractivity contribution >= 4 is 10.9 Å². The summed E-state index contributed by atoms with van der Waals surface area (Å²) in [6.45, 7) is 6.91. The molecule has 17 heavy (non-hydrogen) atoms. The van der Waals surface area contributed by atoms with Gasteiger partial charge in [-0.1, -0.05) is 31.2 Å². The standard InChI is InChI=1S/C15H18N2/c1-3-7-14(16-4-2)12-8-5-10-15-13(12)9-6-11-17-15/h3,5-6,8-11,14,16H,1,4,7H2,2H3. The van der Waals surface area contributed by atoms with Gasteiger partial charge in [0.2, 0.25) is 0 Å². The average molecular weight is 226 g/mol. The first-order chi connectivity index (χ1) is 8.36. The smallest absolute Gasteiger partial charge is 0.0705 e. The number of benzene rings is 1. The number of aromatic nitrogens is 1. The van der Waals surface area contributed by atoms with E-state index >= 15 is 0 Å². The van der Waals surface area contributed by atoms with Crippen LogP contribution in [0.3, 0.4) is 0 Å². The van der Waals surface area contributed by atoms with Gasteiger partial charge in [-0.25, -0.2) is 0 Å². The van der Waals surface area contributed by atoms with E-state index in [2.05, 4.69) is 48.1 Å². The Hall–Kier alpha value is -1.67. The Morgan fingerprint density at radius 1 is 1.35 bits per heavy atom. The monoisotopic (exact) mass is 226 g/mol. The van der Waals surface area contributed by atoms with Gasteiger partial charge in [-0.15, -0.1) is 6.58 Å².